The number of hydrogen-bond acceptors (Lipinski definition) is 3. The minimum atomic E-state index is -3.73. The first-order valence-electron chi connectivity index (χ1n) is 5.28. The van der Waals surface area contributed by atoms with E-state index in [0.29, 0.717) is 5.69 Å². The molecule has 0 aliphatic carbocycles. The number of nitrogens with zero attached hydrogens (tertiary/aromatic N) is 1. The smallest absolute Gasteiger partial charge is 0.264 e. The van der Waals surface area contributed by atoms with Crippen molar-refractivity contribution in [1.82, 2.24) is 4.98 Å². The lowest BCUT2D eigenvalue weighted by molar-refractivity contribution is 0.601. The minimum Gasteiger partial charge on any atom is -0.279 e. The average molecular weight is 409 g/mol. The number of benzene rings is 1. The molecule has 0 amide bonds. The normalized spacial score (nSPS) is 11.3. The molecule has 1 heterocycles. The molecule has 19 heavy (non-hydrogen) atoms. The standard InChI is InChI=1S/C12H10ClIN2O2S/c1-8-6-9(14)2-3-11(8)16-19(17,18)12-7-15-5-4-10(12)13/h2-7,16H,1H3. The van der Waals surface area contributed by atoms with Crippen molar-refractivity contribution >= 4 is 49.9 Å². The Morgan fingerprint density at radius 1 is 1.32 bits per heavy atom. The largest absolute Gasteiger partial charge is 0.279 e. The molecule has 1 N–H and O–H groups in total. The Labute approximate surface area is 130 Å². The fourth-order valence-corrected chi connectivity index (χ4v) is 3.71. The summed E-state index contributed by atoms with van der Waals surface area (Å²) in [7, 11) is -3.73. The Kier molecular flexibility index (Phi) is 4.32. The number of anilines is 1. The molecule has 1 aromatic heterocycles. The van der Waals surface area contributed by atoms with E-state index >= 15 is 0 Å². The van der Waals surface area contributed by atoms with E-state index in [1.807, 2.05) is 19.1 Å². The minimum absolute atomic E-state index is 0.0328. The molecule has 2 rings (SSSR count). The van der Waals surface area contributed by atoms with Crippen molar-refractivity contribution < 1.29 is 8.42 Å². The summed E-state index contributed by atoms with van der Waals surface area (Å²) in [5.74, 6) is 0. The second-order valence-electron chi connectivity index (χ2n) is 3.87. The van der Waals surface area contributed by atoms with Crippen LogP contribution in [0.25, 0.3) is 0 Å². The first-order chi connectivity index (χ1) is 8.90. The molecular formula is C12H10ClIN2O2S. The van der Waals surface area contributed by atoms with Crippen molar-refractivity contribution in [3.05, 3.63) is 50.8 Å². The third kappa shape index (κ3) is 3.37. The van der Waals surface area contributed by atoms with Gasteiger partial charge in [-0.3, -0.25) is 9.71 Å². The summed E-state index contributed by atoms with van der Waals surface area (Å²) in [6.07, 6.45) is 2.67. The lowest BCUT2D eigenvalue weighted by Crippen LogP contribution is -2.14. The van der Waals surface area contributed by atoms with Crippen molar-refractivity contribution in [3.8, 4) is 0 Å². The number of pyridine rings is 1. The van der Waals surface area contributed by atoms with Crippen LogP contribution >= 0.6 is 34.2 Å². The highest BCUT2D eigenvalue weighted by molar-refractivity contribution is 14.1. The van der Waals surface area contributed by atoms with Gasteiger partial charge in [-0.1, -0.05) is 11.6 Å². The van der Waals surface area contributed by atoms with E-state index in [0.717, 1.165) is 9.13 Å². The number of halogens is 2. The van der Waals surface area contributed by atoms with Gasteiger partial charge in [0, 0.05) is 16.0 Å². The van der Waals surface area contributed by atoms with Gasteiger partial charge in [0.25, 0.3) is 10.0 Å². The van der Waals surface area contributed by atoms with Crippen LogP contribution in [-0.2, 0) is 10.0 Å². The highest BCUT2D eigenvalue weighted by atomic mass is 127. The summed E-state index contributed by atoms with van der Waals surface area (Å²) in [5.41, 5.74) is 1.37. The second kappa shape index (κ2) is 5.64. The number of nitrogens with one attached hydrogen (secondary N) is 1. The van der Waals surface area contributed by atoms with E-state index in [9.17, 15) is 8.42 Å². The molecule has 0 atom stereocenters. The van der Waals surface area contributed by atoms with Gasteiger partial charge in [0.15, 0.2) is 0 Å². The first kappa shape index (κ1) is 14.5. The molecule has 4 nitrogen and oxygen atoms in total. The zero-order valence-electron chi connectivity index (χ0n) is 9.89. The summed E-state index contributed by atoms with van der Waals surface area (Å²) >= 11 is 8.05. The quantitative estimate of drug-likeness (QED) is 0.792. The summed E-state index contributed by atoms with van der Waals surface area (Å²) in [6, 6.07) is 6.88. The van der Waals surface area contributed by atoms with Crippen molar-refractivity contribution in [2.45, 2.75) is 11.8 Å². The maximum absolute atomic E-state index is 12.2. The number of aromatic nitrogens is 1. The fourth-order valence-electron chi connectivity index (χ4n) is 1.50. The summed E-state index contributed by atoms with van der Waals surface area (Å²) in [6.45, 7) is 1.84. The van der Waals surface area contributed by atoms with E-state index in [4.69, 9.17) is 11.6 Å². The molecule has 100 valence electrons. The molecule has 0 unspecified atom stereocenters. The molecule has 0 saturated heterocycles. The highest BCUT2D eigenvalue weighted by Crippen LogP contribution is 2.24. The van der Waals surface area contributed by atoms with E-state index in [1.54, 1.807) is 6.07 Å². The van der Waals surface area contributed by atoms with E-state index in [-0.39, 0.29) is 9.92 Å². The zero-order chi connectivity index (χ0) is 14.0. The van der Waals surface area contributed by atoms with Crippen molar-refractivity contribution in [1.29, 1.82) is 0 Å². The predicted molar refractivity (Wildman–Crippen MR) is 84.0 cm³/mol. The average Bonchev–Trinajstić information content (AvgIpc) is 2.33. The van der Waals surface area contributed by atoms with E-state index in [1.165, 1.54) is 18.5 Å². The number of rotatable bonds is 3. The van der Waals surface area contributed by atoms with Gasteiger partial charge in [-0.05, 0) is 59.3 Å². The maximum atomic E-state index is 12.2. The van der Waals surface area contributed by atoms with Crippen LogP contribution < -0.4 is 4.72 Å². The summed E-state index contributed by atoms with van der Waals surface area (Å²) < 4.78 is 28.0. The van der Waals surface area contributed by atoms with Gasteiger partial charge in [0.05, 0.1) is 10.7 Å². The number of aryl methyl sites for hydroxylation is 1. The molecule has 1 aromatic carbocycles. The van der Waals surface area contributed by atoms with Crippen molar-refractivity contribution in [2.24, 2.45) is 0 Å². The van der Waals surface area contributed by atoms with Gasteiger partial charge in [0.2, 0.25) is 0 Å². The fraction of sp³-hybridized carbons (Fsp3) is 0.0833. The third-order valence-corrected chi connectivity index (χ3v) is 4.96. The van der Waals surface area contributed by atoms with Crippen LogP contribution in [0, 0.1) is 10.5 Å². The molecule has 0 fully saturated rings. The second-order valence-corrected chi connectivity index (χ2v) is 7.17. The lowest BCUT2D eigenvalue weighted by atomic mass is 10.2. The Balaban J connectivity index is 2.40. The van der Waals surface area contributed by atoms with Crippen LogP contribution in [0.1, 0.15) is 5.56 Å². The summed E-state index contributed by atoms with van der Waals surface area (Å²) in [5, 5.41) is 0.144. The molecule has 0 radical (unpaired) electrons. The van der Waals surface area contributed by atoms with Crippen LogP contribution in [0.15, 0.2) is 41.6 Å². The van der Waals surface area contributed by atoms with Gasteiger partial charge in [-0.25, -0.2) is 8.42 Å². The SMILES string of the molecule is Cc1cc(I)ccc1NS(=O)(=O)c1cnccc1Cl. The van der Waals surface area contributed by atoms with Crippen LogP contribution in [0.4, 0.5) is 5.69 Å². The van der Waals surface area contributed by atoms with Crippen LogP contribution in [-0.4, -0.2) is 13.4 Å². The molecule has 0 aliphatic heterocycles. The molecule has 0 saturated carbocycles. The van der Waals surface area contributed by atoms with Gasteiger partial charge in [-0.2, -0.15) is 0 Å². The van der Waals surface area contributed by atoms with Gasteiger partial charge >= 0.3 is 0 Å². The molecule has 0 aliphatic rings. The topological polar surface area (TPSA) is 59.1 Å². The first-order valence-corrected chi connectivity index (χ1v) is 8.22. The Bertz CT molecular complexity index is 719. The van der Waals surface area contributed by atoms with Gasteiger partial charge < -0.3 is 0 Å². The van der Waals surface area contributed by atoms with Crippen LogP contribution in [0.3, 0.4) is 0 Å². The molecule has 7 heteroatoms. The molecule has 0 bridgehead atoms. The number of sulfonamides is 1. The molecular weight excluding hydrogens is 399 g/mol. The van der Waals surface area contributed by atoms with Crippen molar-refractivity contribution in [3.63, 3.8) is 0 Å². The summed E-state index contributed by atoms with van der Waals surface area (Å²) in [4.78, 5) is 3.75. The van der Waals surface area contributed by atoms with Crippen LogP contribution in [0.5, 0.6) is 0 Å². The molecule has 2 aromatic rings. The lowest BCUT2D eigenvalue weighted by Gasteiger charge is -2.11. The predicted octanol–water partition coefficient (Wildman–Crippen LogP) is 3.45. The Morgan fingerprint density at radius 3 is 2.68 bits per heavy atom. The van der Waals surface area contributed by atoms with Gasteiger partial charge in [0.1, 0.15) is 4.90 Å². The third-order valence-electron chi connectivity index (χ3n) is 2.46. The van der Waals surface area contributed by atoms with E-state index < -0.39 is 10.0 Å². The highest BCUT2D eigenvalue weighted by Gasteiger charge is 2.18. The molecule has 0 spiro atoms. The Morgan fingerprint density at radius 2 is 2.05 bits per heavy atom. The maximum Gasteiger partial charge on any atom is 0.264 e. The van der Waals surface area contributed by atoms with Gasteiger partial charge in [-0.15, -0.1) is 0 Å². The number of hydrogen-bond donors (Lipinski definition) is 1. The van der Waals surface area contributed by atoms with Crippen molar-refractivity contribution in [2.75, 3.05) is 4.72 Å². The Hall–Kier alpha value is -0.860. The van der Waals surface area contributed by atoms with Crippen LogP contribution in [0.2, 0.25) is 5.02 Å². The van der Waals surface area contributed by atoms with E-state index in [2.05, 4.69) is 32.3 Å². The zero-order valence-corrected chi connectivity index (χ0v) is 13.6. The monoisotopic (exact) mass is 408 g/mol.